The third-order valence-corrected chi connectivity index (χ3v) is 6.89. The fourth-order valence-electron chi connectivity index (χ4n) is 4.33. The van der Waals surface area contributed by atoms with Crippen molar-refractivity contribution in [1.29, 1.82) is 0 Å². The van der Waals surface area contributed by atoms with Crippen molar-refractivity contribution in [3.63, 3.8) is 0 Å². The highest BCUT2D eigenvalue weighted by Crippen LogP contribution is 2.38. The van der Waals surface area contributed by atoms with Gasteiger partial charge in [0.05, 0.1) is 27.9 Å². The second kappa shape index (κ2) is 7.22. The van der Waals surface area contributed by atoms with E-state index < -0.39 is 11.7 Å². The van der Waals surface area contributed by atoms with Gasteiger partial charge in [-0.25, -0.2) is 9.37 Å². The molecular formula is C22H20FN3O2S. The molecule has 29 heavy (non-hydrogen) atoms. The van der Waals surface area contributed by atoms with Crippen molar-refractivity contribution < 1.29 is 14.0 Å². The van der Waals surface area contributed by atoms with Gasteiger partial charge in [-0.05, 0) is 37.1 Å². The van der Waals surface area contributed by atoms with Gasteiger partial charge in [-0.15, -0.1) is 11.3 Å². The Bertz CT molecular complexity index is 1070. The summed E-state index contributed by atoms with van der Waals surface area (Å²) >= 11 is 1.63. The summed E-state index contributed by atoms with van der Waals surface area (Å²) in [6, 6.07) is 14.1. The third kappa shape index (κ3) is 3.19. The first kappa shape index (κ1) is 18.2. The Morgan fingerprint density at radius 3 is 2.76 bits per heavy atom. The number of benzene rings is 2. The van der Waals surface area contributed by atoms with Crippen molar-refractivity contribution in [3.05, 3.63) is 59.4 Å². The van der Waals surface area contributed by atoms with Crippen LogP contribution in [0, 0.1) is 11.7 Å². The summed E-state index contributed by atoms with van der Waals surface area (Å²) in [6.45, 7) is 0.894. The summed E-state index contributed by atoms with van der Waals surface area (Å²) in [5, 5.41) is 0.951. The summed E-state index contributed by atoms with van der Waals surface area (Å²) in [5.74, 6) is -1.12. The number of likely N-dealkylation sites (tertiary alicyclic amines) is 1. The predicted octanol–water partition coefficient (Wildman–Crippen LogP) is 4.15. The van der Waals surface area contributed by atoms with E-state index in [1.165, 1.54) is 11.0 Å². The number of hydrogen-bond acceptors (Lipinski definition) is 4. The van der Waals surface area contributed by atoms with E-state index in [9.17, 15) is 14.0 Å². The second-order valence-electron chi connectivity index (χ2n) is 7.57. The van der Waals surface area contributed by atoms with Crippen LogP contribution in [-0.4, -0.2) is 34.8 Å². The topological polar surface area (TPSA) is 53.5 Å². The Balaban J connectivity index is 1.37. The zero-order chi connectivity index (χ0) is 20.0. The first-order valence-corrected chi connectivity index (χ1v) is 10.6. The van der Waals surface area contributed by atoms with Crippen molar-refractivity contribution in [3.8, 4) is 0 Å². The van der Waals surface area contributed by atoms with E-state index in [0.717, 1.165) is 28.1 Å². The van der Waals surface area contributed by atoms with E-state index in [-0.39, 0.29) is 36.5 Å². The van der Waals surface area contributed by atoms with Crippen molar-refractivity contribution in [2.24, 2.45) is 5.92 Å². The number of amides is 2. The molecule has 2 aliphatic rings. The fourth-order valence-corrected chi connectivity index (χ4v) is 5.45. The molecule has 0 N–H and O–H groups in total. The van der Waals surface area contributed by atoms with Gasteiger partial charge in [0, 0.05) is 19.5 Å². The van der Waals surface area contributed by atoms with Gasteiger partial charge in [0.1, 0.15) is 10.8 Å². The fraction of sp³-hybridized carbons (Fsp3) is 0.318. The zero-order valence-corrected chi connectivity index (χ0v) is 16.6. The van der Waals surface area contributed by atoms with Gasteiger partial charge in [-0.3, -0.25) is 9.59 Å². The standard InChI is InChI=1S/C22H20FN3O2S/c23-15-6-1-3-8-17(15)26-13-14(12-20(26)27)22(28)25-11-5-9-18(25)21-24-16-7-2-4-10-19(16)29-21/h1-4,6-8,10,14,18H,5,9,11-13H2. The molecule has 3 heterocycles. The summed E-state index contributed by atoms with van der Waals surface area (Å²) in [4.78, 5) is 33.8. The molecule has 2 amide bonds. The number of thiazole rings is 1. The lowest BCUT2D eigenvalue weighted by Crippen LogP contribution is -2.37. The first-order valence-electron chi connectivity index (χ1n) is 9.82. The molecule has 2 fully saturated rings. The number of carbonyl (C=O) groups is 2. The average Bonchev–Trinajstić information content (AvgIpc) is 3.45. The first-order chi connectivity index (χ1) is 14.1. The molecule has 148 valence electrons. The summed E-state index contributed by atoms with van der Waals surface area (Å²) < 4.78 is 15.2. The maximum Gasteiger partial charge on any atom is 0.228 e. The van der Waals surface area contributed by atoms with Crippen LogP contribution in [0.1, 0.15) is 30.3 Å². The van der Waals surface area contributed by atoms with Gasteiger partial charge < -0.3 is 9.80 Å². The number of anilines is 1. The number of halogens is 1. The van der Waals surface area contributed by atoms with E-state index in [4.69, 9.17) is 4.98 Å². The van der Waals surface area contributed by atoms with Crippen LogP contribution in [0.2, 0.25) is 0 Å². The molecule has 5 rings (SSSR count). The highest BCUT2D eigenvalue weighted by Gasteiger charge is 2.41. The van der Waals surface area contributed by atoms with Crippen LogP contribution >= 0.6 is 11.3 Å². The number of para-hydroxylation sites is 2. The van der Waals surface area contributed by atoms with Crippen LogP contribution in [0.3, 0.4) is 0 Å². The highest BCUT2D eigenvalue weighted by molar-refractivity contribution is 7.18. The minimum Gasteiger partial charge on any atom is -0.333 e. The van der Waals surface area contributed by atoms with Crippen LogP contribution in [0.25, 0.3) is 10.2 Å². The molecule has 0 spiro atoms. The molecule has 0 saturated carbocycles. The Hall–Kier alpha value is -2.80. The molecule has 3 aromatic rings. The quantitative estimate of drug-likeness (QED) is 0.653. The van der Waals surface area contributed by atoms with Crippen LogP contribution < -0.4 is 4.90 Å². The monoisotopic (exact) mass is 409 g/mol. The Morgan fingerprint density at radius 1 is 1.14 bits per heavy atom. The van der Waals surface area contributed by atoms with Gasteiger partial charge in [-0.2, -0.15) is 0 Å². The SMILES string of the molecule is O=C1CC(C(=O)N2CCCC2c2nc3ccccc3s2)CN1c1ccccc1F. The molecule has 2 saturated heterocycles. The van der Waals surface area contributed by atoms with Gasteiger partial charge in [0.2, 0.25) is 11.8 Å². The molecule has 7 heteroatoms. The number of nitrogens with zero attached hydrogens (tertiary/aromatic N) is 3. The maximum atomic E-state index is 14.1. The molecule has 1 aromatic heterocycles. The van der Waals surface area contributed by atoms with Crippen LogP contribution in [0.5, 0.6) is 0 Å². The Morgan fingerprint density at radius 2 is 1.93 bits per heavy atom. The van der Waals surface area contributed by atoms with Crippen molar-refractivity contribution in [2.45, 2.75) is 25.3 Å². The highest BCUT2D eigenvalue weighted by atomic mass is 32.1. The molecule has 2 aliphatic heterocycles. The smallest absolute Gasteiger partial charge is 0.228 e. The molecular weight excluding hydrogens is 389 g/mol. The van der Waals surface area contributed by atoms with Crippen LogP contribution in [0.15, 0.2) is 48.5 Å². The largest absolute Gasteiger partial charge is 0.333 e. The van der Waals surface area contributed by atoms with E-state index in [2.05, 4.69) is 0 Å². The second-order valence-corrected chi connectivity index (χ2v) is 8.63. The van der Waals surface area contributed by atoms with Gasteiger partial charge in [-0.1, -0.05) is 24.3 Å². The average molecular weight is 409 g/mol. The normalized spacial score (nSPS) is 22.0. The molecule has 0 aliphatic carbocycles. The van der Waals surface area contributed by atoms with E-state index in [1.54, 1.807) is 29.5 Å². The summed E-state index contributed by atoms with van der Waals surface area (Å²) in [7, 11) is 0. The summed E-state index contributed by atoms with van der Waals surface area (Å²) in [5.41, 5.74) is 1.20. The lowest BCUT2D eigenvalue weighted by Gasteiger charge is -2.26. The van der Waals surface area contributed by atoms with E-state index >= 15 is 0 Å². The minimum absolute atomic E-state index is 0.0288. The molecule has 5 nitrogen and oxygen atoms in total. The maximum absolute atomic E-state index is 14.1. The predicted molar refractivity (Wildman–Crippen MR) is 110 cm³/mol. The molecule has 0 radical (unpaired) electrons. The Labute approximate surface area is 171 Å². The van der Waals surface area contributed by atoms with Crippen molar-refractivity contribution in [1.82, 2.24) is 9.88 Å². The van der Waals surface area contributed by atoms with Crippen LogP contribution in [-0.2, 0) is 9.59 Å². The zero-order valence-electron chi connectivity index (χ0n) is 15.8. The molecule has 2 unspecified atom stereocenters. The molecule has 0 bridgehead atoms. The number of aromatic nitrogens is 1. The minimum atomic E-state index is -0.447. The van der Waals surface area contributed by atoms with Crippen LogP contribution in [0.4, 0.5) is 10.1 Å². The number of carbonyl (C=O) groups excluding carboxylic acids is 2. The van der Waals surface area contributed by atoms with Crippen molar-refractivity contribution in [2.75, 3.05) is 18.0 Å². The van der Waals surface area contributed by atoms with Gasteiger partial charge >= 0.3 is 0 Å². The number of fused-ring (bicyclic) bond motifs is 1. The lowest BCUT2D eigenvalue weighted by molar-refractivity contribution is -0.136. The Kier molecular flexibility index (Phi) is 4.54. The number of hydrogen-bond donors (Lipinski definition) is 0. The third-order valence-electron chi connectivity index (χ3n) is 5.75. The van der Waals surface area contributed by atoms with Crippen molar-refractivity contribution >= 4 is 39.1 Å². The van der Waals surface area contributed by atoms with Gasteiger partial charge in [0.25, 0.3) is 0 Å². The number of rotatable bonds is 3. The molecule has 2 aromatic carbocycles. The summed E-state index contributed by atoms with van der Waals surface area (Å²) in [6.07, 6.45) is 1.92. The van der Waals surface area contributed by atoms with Gasteiger partial charge in [0.15, 0.2) is 0 Å². The van der Waals surface area contributed by atoms with E-state index in [0.29, 0.717) is 6.54 Å². The molecule has 2 atom stereocenters. The van der Waals surface area contributed by atoms with E-state index in [1.807, 2.05) is 29.2 Å². The lowest BCUT2D eigenvalue weighted by atomic mass is 10.1.